The van der Waals surface area contributed by atoms with Gasteiger partial charge in [0.05, 0.1) is 33.5 Å². The summed E-state index contributed by atoms with van der Waals surface area (Å²) in [6.45, 7) is 0. The monoisotopic (exact) mass is 656 g/mol. The van der Waals surface area contributed by atoms with Gasteiger partial charge in [-0.05, 0) is 73.4 Å². The second kappa shape index (κ2) is 11.6. The summed E-state index contributed by atoms with van der Waals surface area (Å²) in [4.78, 5) is 10.6. The molecular weight excluding hydrogens is 626 g/mol. The highest BCUT2D eigenvalue weighted by Crippen LogP contribution is 2.43. The quantitative estimate of drug-likeness (QED) is 0.175. The molecule has 0 amide bonds. The van der Waals surface area contributed by atoms with E-state index in [4.69, 9.17) is 9.97 Å². The third kappa shape index (κ3) is 4.57. The molecule has 230 valence electrons. The zero-order valence-electron chi connectivity index (χ0n) is 25.8. The summed E-state index contributed by atoms with van der Waals surface area (Å²) in [6, 6.07) is 50.9. The molecule has 3 aromatic heterocycles. The van der Waals surface area contributed by atoms with Gasteiger partial charge in [0.1, 0.15) is 0 Å². The summed E-state index contributed by atoms with van der Waals surface area (Å²) in [5, 5.41) is 11.1. The van der Waals surface area contributed by atoms with Crippen LogP contribution in [0.25, 0.3) is 77.8 Å². The minimum atomic E-state index is 0.617. The third-order valence-corrected chi connectivity index (χ3v) is 9.72. The van der Waals surface area contributed by atoms with E-state index in [2.05, 4.69) is 172 Å². The fraction of sp³-hybridized carbons (Fsp3) is 0. The molecule has 6 nitrogen and oxygen atoms in total. The molecule has 0 saturated carbocycles. The Bertz CT molecular complexity index is 2570. The Morgan fingerprint density at radius 2 is 0.896 bits per heavy atom. The van der Waals surface area contributed by atoms with E-state index in [0.29, 0.717) is 5.95 Å². The van der Waals surface area contributed by atoms with E-state index in [-0.39, 0.29) is 0 Å². The Morgan fingerprint density at radius 3 is 1.40 bits per heavy atom. The smallest absolute Gasteiger partial charge is 0.235 e. The number of hydrogen-bond acceptors (Lipinski definition) is 4. The predicted molar refractivity (Wildman–Crippen MR) is 208 cm³/mol. The number of benzene rings is 6. The number of nitrogens with zero attached hydrogens (tertiary/aromatic N) is 4. The fourth-order valence-corrected chi connectivity index (χ4v) is 7.24. The normalized spacial score (nSPS) is 11.5. The highest BCUT2D eigenvalue weighted by molar-refractivity contribution is 7.18. The van der Waals surface area contributed by atoms with E-state index < -0.39 is 0 Å². The zero-order chi connectivity index (χ0) is 32.2. The Kier molecular flexibility index (Phi) is 6.93. The lowest BCUT2D eigenvalue weighted by atomic mass is 10.1. The Morgan fingerprint density at radius 1 is 0.438 bits per heavy atom. The molecule has 0 aliphatic carbocycles. The Balaban J connectivity index is 1.49. The highest BCUT2D eigenvalue weighted by atomic mass is 31.0. The van der Waals surface area contributed by atoms with Crippen molar-refractivity contribution in [1.29, 1.82) is 0 Å². The average Bonchev–Trinajstić information content (AvgIpc) is 3.67. The van der Waals surface area contributed by atoms with Gasteiger partial charge in [-0.15, -0.1) is 0 Å². The first kappa shape index (κ1) is 28.7. The average molecular weight is 657 g/mol. The third-order valence-electron chi connectivity index (χ3n) is 9.05. The van der Waals surface area contributed by atoms with E-state index in [9.17, 15) is 0 Å². The van der Waals surface area contributed by atoms with Crippen LogP contribution in [0, 0.1) is 0 Å². The van der Waals surface area contributed by atoms with Crippen LogP contribution in [0.1, 0.15) is 0 Å². The molecule has 2 N–H and O–H groups in total. The van der Waals surface area contributed by atoms with Crippen LogP contribution in [-0.2, 0) is 0 Å². The van der Waals surface area contributed by atoms with Gasteiger partial charge in [-0.1, -0.05) is 91.0 Å². The number of anilines is 2. The SMILES string of the molecule is PNc1ccc2c(c1)c1ccc3c4cc(NP)ccc4n(-c4nc(-c5ccccc5)cc(-c5ccccc5)n4)c3c1n2-c1ccccc1. The van der Waals surface area contributed by atoms with Gasteiger partial charge < -0.3 is 14.7 Å². The molecule has 0 saturated heterocycles. The van der Waals surface area contributed by atoms with Crippen LogP contribution in [0.5, 0.6) is 0 Å². The Labute approximate surface area is 282 Å². The molecule has 0 fully saturated rings. The van der Waals surface area contributed by atoms with E-state index >= 15 is 0 Å². The number of aromatic nitrogens is 4. The second-order valence-corrected chi connectivity index (χ2v) is 12.4. The van der Waals surface area contributed by atoms with Crippen LogP contribution >= 0.6 is 18.8 Å². The molecule has 2 unspecified atom stereocenters. The first-order valence-corrected chi connectivity index (χ1v) is 16.9. The van der Waals surface area contributed by atoms with Crippen molar-refractivity contribution in [3.05, 3.63) is 146 Å². The number of nitrogens with one attached hydrogen (secondary N) is 2. The molecule has 2 atom stereocenters. The predicted octanol–water partition coefficient (Wildman–Crippen LogP) is 10.4. The summed E-state index contributed by atoms with van der Waals surface area (Å²) in [6.07, 6.45) is 0. The van der Waals surface area contributed by atoms with E-state index in [0.717, 1.165) is 83.2 Å². The van der Waals surface area contributed by atoms with Crippen molar-refractivity contribution in [2.24, 2.45) is 0 Å². The van der Waals surface area contributed by atoms with Gasteiger partial charge in [-0.3, -0.25) is 4.57 Å². The number of rotatable bonds is 6. The van der Waals surface area contributed by atoms with Crippen LogP contribution < -0.4 is 10.2 Å². The van der Waals surface area contributed by atoms with E-state index in [1.165, 1.54) is 0 Å². The molecule has 8 heteroatoms. The number of para-hydroxylation sites is 1. The molecule has 0 aliphatic heterocycles. The van der Waals surface area contributed by atoms with Gasteiger partial charge in [-0.2, -0.15) is 0 Å². The summed E-state index contributed by atoms with van der Waals surface area (Å²) >= 11 is 0. The minimum Gasteiger partial charge on any atom is -0.369 e. The lowest BCUT2D eigenvalue weighted by molar-refractivity contribution is 0.995. The highest BCUT2D eigenvalue weighted by Gasteiger charge is 2.23. The van der Waals surface area contributed by atoms with Crippen molar-refractivity contribution in [2.75, 3.05) is 10.2 Å². The summed E-state index contributed by atoms with van der Waals surface area (Å²) in [5.74, 6) is 0.617. The van der Waals surface area contributed by atoms with Crippen LogP contribution in [0.2, 0.25) is 0 Å². The molecular formula is C40H30N6P2. The van der Waals surface area contributed by atoms with Gasteiger partial charge in [-0.25, -0.2) is 9.97 Å². The molecule has 48 heavy (non-hydrogen) atoms. The van der Waals surface area contributed by atoms with E-state index in [1.807, 2.05) is 12.1 Å². The Hall–Kier alpha value is -5.54. The topological polar surface area (TPSA) is 59.7 Å². The maximum Gasteiger partial charge on any atom is 0.235 e. The van der Waals surface area contributed by atoms with Crippen molar-refractivity contribution in [2.45, 2.75) is 0 Å². The molecule has 0 aliphatic rings. The first-order valence-electron chi connectivity index (χ1n) is 15.8. The van der Waals surface area contributed by atoms with Crippen molar-refractivity contribution in [3.8, 4) is 34.2 Å². The number of fused-ring (bicyclic) bond motifs is 7. The standard InChI is InChI=1S/C40H30N6P2/c47-43-27-16-20-36-32(22-27)30-18-19-31-33-23-28(44-48)17-21-37(33)46(39(31)38(30)45(36)29-14-8-3-9-15-29)40-41-34(25-10-4-1-5-11-25)24-35(42-40)26-12-6-2-7-13-26/h1-24,43-44H,47-48H2. The molecule has 6 aromatic carbocycles. The molecule has 0 spiro atoms. The lowest BCUT2D eigenvalue weighted by Crippen LogP contribution is -2.05. The van der Waals surface area contributed by atoms with Crippen molar-refractivity contribution >= 4 is 73.8 Å². The van der Waals surface area contributed by atoms with Gasteiger partial charge in [0.15, 0.2) is 0 Å². The van der Waals surface area contributed by atoms with Crippen LogP contribution in [0.3, 0.4) is 0 Å². The summed E-state index contributed by atoms with van der Waals surface area (Å²) < 4.78 is 4.63. The zero-order valence-corrected chi connectivity index (χ0v) is 28.1. The van der Waals surface area contributed by atoms with Crippen LogP contribution in [0.15, 0.2) is 146 Å². The molecule has 9 aromatic rings. The van der Waals surface area contributed by atoms with Gasteiger partial charge in [0.2, 0.25) is 5.95 Å². The minimum absolute atomic E-state index is 0.617. The van der Waals surface area contributed by atoms with Crippen molar-refractivity contribution in [1.82, 2.24) is 19.1 Å². The van der Waals surface area contributed by atoms with Gasteiger partial charge in [0.25, 0.3) is 0 Å². The fourth-order valence-electron chi connectivity index (χ4n) is 6.88. The van der Waals surface area contributed by atoms with Crippen molar-refractivity contribution in [3.63, 3.8) is 0 Å². The lowest BCUT2D eigenvalue weighted by Gasteiger charge is -2.14. The maximum absolute atomic E-state index is 5.32. The molecule has 3 heterocycles. The molecule has 0 bridgehead atoms. The van der Waals surface area contributed by atoms with Gasteiger partial charge in [0, 0.05) is 49.7 Å². The summed E-state index contributed by atoms with van der Waals surface area (Å²) in [7, 11) is 5.25. The molecule has 0 radical (unpaired) electrons. The molecule has 9 rings (SSSR count). The maximum atomic E-state index is 5.32. The largest absolute Gasteiger partial charge is 0.369 e. The van der Waals surface area contributed by atoms with Crippen molar-refractivity contribution < 1.29 is 0 Å². The first-order chi connectivity index (χ1) is 23.7. The second-order valence-electron chi connectivity index (χ2n) is 11.8. The van der Waals surface area contributed by atoms with Gasteiger partial charge >= 0.3 is 0 Å². The number of hydrogen-bond donors (Lipinski definition) is 2. The van der Waals surface area contributed by atoms with Crippen LogP contribution in [-0.4, -0.2) is 19.1 Å². The van der Waals surface area contributed by atoms with E-state index in [1.54, 1.807) is 0 Å². The summed E-state index contributed by atoms with van der Waals surface area (Å²) in [5.41, 5.74) is 11.2. The van der Waals surface area contributed by atoms with Crippen LogP contribution in [0.4, 0.5) is 11.4 Å².